The minimum Gasteiger partial charge on any atom is -0.490 e. The fourth-order valence-electron chi connectivity index (χ4n) is 6.12. The zero-order valence-electron chi connectivity index (χ0n) is 30.7. The zero-order valence-corrected chi connectivity index (χ0v) is 32.3. The average Bonchev–Trinajstić information content (AvgIpc) is 3.61. The van der Waals surface area contributed by atoms with Gasteiger partial charge >= 0.3 is 18.4 Å². The molecule has 3 aromatic carbocycles. The number of aryl methyl sites for hydroxylation is 1. The van der Waals surface area contributed by atoms with Crippen LogP contribution >= 0.6 is 15.9 Å². The van der Waals surface area contributed by atoms with E-state index in [1.54, 1.807) is 65.6 Å². The number of nitrogens with one attached hydrogen (secondary N) is 2. The van der Waals surface area contributed by atoms with Gasteiger partial charge in [0.05, 0.1) is 66.4 Å². The Morgan fingerprint density at radius 1 is 0.895 bits per heavy atom. The summed E-state index contributed by atoms with van der Waals surface area (Å²) in [5.74, 6) is -0.670. The fourth-order valence-corrected chi connectivity index (χ4v) is 6.61. The molecule has 1 unspecified atom stereocenters. The Morgan fingerprint density at radius 2 is 1.60 bits per heavy atom. The van der Waals surface area contributed by atoms with Crippen LogP contribution in [0.1, 0.15) is 6.42 Å². The van der Waals surface area contributed by atoms with Crippen molar-refractivity contribution in [2.75, 3.05) is 74.7 Å². The summed E-state index contributed by atoms with van der Waals surface area (Å²) < 4.78 is 60.9. The Morgan fingerprint density at radius 3 is 2.28 bits per heavy atom. The molecule has 3 heterocycles. The molecule has 15 nitrogen and oxygen atoms in total. The number of rotatable bonds is 17. The van der Waals surface area contributed by atoms with Crippen LogP contribution in [0.15, 0.2) is 83.7 Å². The third-order valence-corrected chi connectivity index (χ3v) is 9.45. The summed E-state index contributed by atoms with van der Waals surface area (Å²) >= 11 is 3.49. The Hall–Kier alpha value is -5.50. The molecule has 1 atom stereocenters. The molecule has 2 aromatic heterocycles. The zero-order chi connectivity index (χ0) is 40.4. The predicted molar refractivity (Wildman–Crippen MR) is 209 cm³/mol. The molecule has 0 bridgehead atoms. The quantitative estimate of drug-likeness (QED) is 0.0882. The first-order chi connectivity index (χ1) is 27.4. The van der Waals surface area contributed by atoms with E-state index < -0.39 is 18.4 Å². The van der Waals surface area contributed by atoms with E-state index >= 15 is 0 Å². The number of hydrogen-bond acceptors (Lipinski definition) is 11. The van der Waals surface area contributed by atoms with Gasteiger partial charge in [-0.2, -0.15) is 5.10 Å². The molecule has 57 heavy (non-hydrogen) atoms. The largest absolute Gasteiger partial charge is 0.573 e. The summed E-state index contributed by atoms with van der Waals surface area (Å²) in [6.45, 7) is 3.53. The van der Waals surface area contributed by atoms with Crippen LogP contribution in [0.4, 0.5) is 35.0 Å². The number of ether oxygens (including phenoxy) is 4. The SMILES string of the molecule is Cn1cc(-c2cnc3ccc(NC(=O)Nc4ccc(OCCOCCOCC(CC(=O)O)N5CCN(c6ccc(OC(F)(F)F)cc6)CC5)c(Br)c4)cc3n2)cn1. The van der Waals surface area contributed by atoms with Crippen molar-refractivity contribution in [3.8, 4) is 22.8 Å². The summed E-state index contributed by atoms with van der Waals surface area (Å²) in [6.07, 6.45) is 0.394. The number of alkyl halides is 3. The van der Waals surface area contributed by atoms with Gasteiger partial charge in [0, 0.05) is 68.1 Å². The number of fused-ring (bicyclic) bond motifs is 1. The molecule has 1 fully saturated rings. The maximum atomic E-state index is 12.8. The molecular formula is C38H40BrF3N8O7. The van der Waals surface area contributed by atoms with Gasteiger partial charge in [-0.05, 0) is 76.6 Å². The molecule has 0 spiro atoms. The summed E-state index contributed by atoms with van der Waals surface area (Å²) in [6, 6.07) is 15.3. The average molecular weight is 858 g/mol. The maximum Gasteiger partial charge on any atom is 0.573 e. The van der Waals surface area contributed by atoms with E-state index in [2.05, 4.69) is 46.4 Å². The van der Waals surface area contributed by atoms with Gasteiger partial charge in [-0.25, -0.2) is 9.78 Å². The van der Waals surface area contributed by atoms with Gasteiger partial charge in [0.15, 0.2) is 0 Å². The van der Waals surface area contributed by atoms with Crippen molar-refractivity contribution in [1.82, 2.24) is 24.6 Å². The number of piperazine rings is 1. The number of carbonyl (C=O) groups excluding carboxylic acids is 1. The lowest BCUT2D eigenvalue weighted by Crippen LogP contribution is -2.52. The van der Waals surface area contributed by atoms with Gasteiger partial charge < -0.3 is 39.6 Å². The van der Waals surface area contributed by atoms with E-state index in [4.69, 9.17) is 14.2 Å². The molecule has 6 rings (SSSR count). The van der Waals surface area contributed by atoms with E-state index in [9.17, 15) is 27.9 Å². The van der Waals surface area contributed by atoms with Crippen LogP contribution in [0.2, 0.25) is 0 Å². The molecule has 0 radical (unpaired) electrons. The molecule has 1 aliphatic heterocycles. The lowest BCUT2D eigenvalue weighted by atomic mass is 10.1. The minimum absolute atomic E-state index is 0.0965. The second-order valence-electron chi connectivity index (χ2n) is 12.9. The van der Waals surface area contributed by atoms with Gasteiger partial charge in [0.2, 0.25) is 0 Å². The van der Waals surface area contributed by atoms with E-state index in [1.165, 1.54) is 12.1 Å². The Balaban J connectivity index is 0.872. The number of benzene rings is 3. The highest BCUT2D eigenvalue weighted by atomic mass is 79.9. The Labute approximate surface area is 333 Å². The number of carboxylic acids is 1. The molecule has 3 N–H and O–H groups in total. The number of amides is 2. The molecule has 5 aromatic rings. The van der Waals surface area contributed by atoms with Crippen molar-refractivity contribution >= 4 is 56.0 Å². The predicted octanol–water partition coefficient (Wildman–Crippen LogP) is 6.41. The number of nitrogens with zero attached hydrogens (tertiary/aromatic N) is 6. The Kier molecular flexibility index (Phi) is 13.8. The first kappa shape index (κ1) is 41.1. The lowest BCUT2D eigenvalue weighted by molar-refractivity contribution is -0.274. The van der Waals surface area contributed by atoms with Crippen LogP contribution in [-0.2, 0) is 21.3 Å². The number of aromatic nitrogens is 4. The summed E-state index contributed by atoms with van der Waals surface area (Å²) in [5.41, 5.74) is 4.66. The lowest BCUT2D eigenvalue weighted by Gasteiger charge is -2.39. The number of urea groups is 1. The smallest absolute Gasteiger partial charge is 0.490 e. The molecule has 302 valence electrons. The van der Waals surface area contributed by atoms with Gasteiger partial charge in [-0.1, -0.05) is 0 Å². The Bertz CT molecular complexity index is 2130. The number of halogens is 4. The van der Waals surface area contributed by atoms with Crippen LogP contribution in [0.5, 0.6) is 11.5 Å². The van der Waals surface area contributed by atoms with Crippen molar-refractivity contribution in [1.29, 1.82) is 0 Å². The second-order valence-corrected chi connectivity index (χ2v) is 13.8. The van der Waals surface area contributed by atoms with Gasteiger partial charge in [0.1, 0.15) is 18.1 Å². The molecule has 1 aliphatic rings. The van der Waals surface area contributed by atoms with Gasteiger partial charge in [-0.3, -0.25) is 19.4 Å². The first-order valence-electron chi connectivity index (χ1n) is 17.9. The monoisotopic (exact) mass is 856 g/mol. The highest BCUT2D eigenvalue weighted by Crippen LogP contribution is 2.29. The van der Waals surface area contributed by atoms with Gasteiger partial charge in [0.25, 0.3) is 0 Å². The number of anilines is 3. The highest BCUT2D eigenvalue weighted by molar-refractivity contribution is 9.10. The summed E-state index contributed by atoms with van der Waals surface area (Å²) in [4.78, 5) is 37.6. The van der Waals surface area contributed by atoms with E-state index in [-0.39, 0.29) is 51.2 Å². The van der Waals surface area contributed by atoms with Crippen LogP contribution in [0.25, 0.3) is 22.3 Å². The van der Waals surface area contributed by atoms with Gasteiger partial charge in [-0.15, -0.1) is 13.2 Å². The highest BCUT2D eigenvalue weighted by Gasteiger charge is 2.31. The van der Waals surface area contributed by atoms with Crippen LogP contribution in [-0.4, -0.2) is 113 Å². The number of carbonyl (C=O) groups is 2. The van der Waals surface area contributed by atoms with Crippen molar-refractivity contribution < 1.29 is 46.8 Å². The standard InChI is InChI=1S/C38H40BrF3N8O7/c1-48-23-25(21-44-48)34-22-43-32-8-2-27(19-33(32)47-34)46-37(53)45-26-3-9-35(31(39)18-26)56-17-16-54-14-15-55-24-29(20-36(51)52)50-12-10-49(11-13-50)28-4-6-30(7-5-28)57-38(40,41)42/h2-9,18-19,21-23,29H,10-17,20,24H2,1H3,(H,51,52)(H2,45,46,53). The molecule has 1 saturated heterocycles. The topological polar surface area (TPSA) is 165 Å². The second kappa shape index (κ2) is 19.1. The third-order valence-electron chi connectivity index (χ3n) is 8.83. The summed E-state index contributed by atoms with van der Waals surface area (Å²) in [5, 5.41) is 19.3. The van der Waals surface area contributed by atoms with Crippen LogP contribution in [0.3, 0.4) is 0 Å². The number of carboxylic acid groups (broad SMARTS) is 1. The molecular weight excluding hydrogens is 817 g/mol. The van der Waals surface area contributed by atoms with Crippen molar-refractivity contribution in [2.24, 2.45) is 7.05 Å². The molecule has 19 heteroatoms. The van der Waals surface area contributed by atoms with E-state index in [1.807, 2.05) is 23.0 Å². The van der Waals surface area contributed by atoms with E-state index in [0.29, 0.717) is 64.5 Å². The van der Waals surface area contributed by atoms with E-state index in [0.717, 1.165) is 11.3 Å². The van der Waals surface area contributed by atoms with Crippen molar-refractivity contribution in [2.45, 2.75) is 18.8 Å². The minimum atomic E-state index is -4.75. The third kappa shape index (κ3) is 12.2. The van der Waals surface area contributed by atoms with Crippen LogP contribution in [0, 0.1) is 0 Å². The van der Waals surface area contributed by atoms with Crippen molar-refractivity contribution in [3.63, 3.8) is 0 Å². The molecule has 2 amide bonds. The number of aliphatic carboxylic acids is 1. The summed E-state index contributed by atoms with van der Waals surface area (Å²) in [7, 11) is 1.83. The first-order valence-corrected chi connectivity index (χ1v) is 18.7. The van der Waals surface area contributed by atoms with Crippen molar-refractivity contribution in [3.05, 3.63) is 83.7 Å². The maximum absolute atomic E-state index is 12.8. The molecule has 0 aliphatic carbocycles. The van der Waals surface area contributed by atoms with Crippen LogP contribution < -0.4 is 25.0 Å². The fraction of sp³-hybridized carbons (Fsp3) is 0.342. The normalized spacial score (nSPS) is 14.0. The molecule has 0 saturated carbocycles. The number of hydrogen-bond donors (Lipinski definition) is 3.